The Morgan fingerprint density at radius 1 is 1.80 bits per heavy atom. The van der Waals surface area contributed by atoms with Gasteiger partial charge in [-0.15, -0.1) is 0 Å². The molecule has 10 heavy (non-hydrogen) atoms. The zero-order valence-corrected chi connectivity index (χ0v) is 5.53. The van der Waals surface area contributed by atoms with Gasteiger partial charge in [0.15, 0.2) is 0 Å². The van der Waals surface area contributed by atoms with Crippen LogP contribution in [0.25, 0.3) is 0 Å². The molecule has 4 nitrogen and oxygen atoms in total. The van der Waals surface area contributed by atoms with Gasteiger partial charge in [0.2, 0.25) is 5.76 Å². The molecule has 0 heterocycles. The molecule has 4 heteroatoms. The van der Waals surface area contributed by atoms with Crippen LogP contribution in [0.4, 0.5) is 0 Å². The minimum atomic E-state index is -0.142. The largest absolute Gasteiger partial charge is 0.497 e. The summed E-state index contributed by atoms with van der Waals surface area (Å²) in [7, 11) is 0. The lowest BCUT2D eigenvalue weighted by Crippen LogP contribution is -1.88. The number of hydrogen-bond acceptors (Lipinski definition) is 4. The van der Waals surface area contributed by atoms with Crippen molar-refractivity contribution in [1.82, 2.24) is 0 Å². The molecule has 0 aromatic rings. The highest BCUT2D eigenvalue weighted by molar-refractivity contribution is 5.41. The first-order chi connectivity index (χ1) is 4.85. The summed E-state index contributed by atoms with van der Waals surface area (Å²) in [5, 5.41) is 8.20. The van der Waals surface area contributed by atoms with Crippen LogP contribution in [0.1, 0.15) is 6.92 Å². The van der Waals surface area contributed by atoms with Crippen LogP contribution in [0.15, 0.2) is 12.0 Å². The van der Waals surface area contributed by atoms with E-state index in [1.54, 1.807) is 13.0 Å². The fourth-order valence-corrected chi connectivity index (χ4v) is 0.291. The zero-order chi connectivity index (χ0) is 7.82. The van der Waals surface area contributed by atoms with Gasteiger partial charge in [-0.3, -0.25) is 4.79 Å². The van der Waals surface area contributed by atoms with Crippen molar-refractivity contribution in [2.45, 2.75) is 6.92 Å². The Balaban J connectivity index is 3.81. The molecular formula is C6H7NO3. The summed E-state index contributed by atoms with van der Waals surface area (Å²) in [6.07, 6.45) is 1.09. The molecule has 0 radical (unpaired) electrons. The SMILES string of the molecule is CCO/C=C(\C#N)OC=O. The summed E-state index contributed by atoms with van der Waals surface area (Å²) in [5.74, 6) is -0.142. The normalized spacial score (nSPS) is 9.80. The first-order valence-corrected chi connectivity index (χ1v) is 2.67. The maximum absolute atomic E-state index is 9.67. The molecule has 0 amide bonds. The van der Waals surface area contributed by atoms with Crippen LogP contribution in [0.5, 0.6) is 0 Å². The van der Waals surface area contributed by atoms with E-state index in [9.17, 15) is 4.79 Å². The molecule has 0 aliphatic carbocycles. The van der Waals surface area contributed by atoms with Gasteiger partial charge < -0.3 is 9.47 Å². The number of nitriles is 1. The quantitative estimate of drug-likeness (QED) is 0.326. The summed E-state index contributed by atoms with van der Waals surface area (Å²) in [5.41, 5.74) is 0. The molecule has 54 valence electrons. The molecule has 0 aliphatic rings. The molecule has 0 spiro atoms. The van der Waals surface area contributed by atoms with Crippen LogP contribution >= 0.6 is 0 Å². The van der Waals surface area contributed by atoms with Crippen molar-refractivity contribution in [3.05, 3.63) is 12.0 Å². The van der Waals surface area contributed by atoms with Crippen molar-refractivity contribution in [3.8, 4) is 6.07 Å². The van der Waals surface area contributed by atoms with Crippen molar-refractivity contribution >= 4 is 6.47 Å². The number of hydrogen-bond donors (Lipinski definition) is 0. The molecule has 0 bridgehead atoms. The predicted molar refractivity (Wildman–Crippen MR) is 32.5 cm³/mol. The number of allylic oxidation sites excluding steroid dienone is 1. The van der Waals surface area contributed by atoms with E-state index in [4.69, 9.17) is 5.26 Å². The van der Waals surface area contributed by atoms with Gasteiger partial charge >= 0.3 is 0 Å². The van der Waals surface area contributed by atoms with E-state index >= 15 is 0 Å². The summed E-state index contributed by atoms with van der Waals surface area (Å²) >= 11 is 0. The third kappa shape index (κ3) is 3.50. The molecular weight excluding hydrogens is 134 g/mol. The van der Waals surface area contributed by atoms with E-state index in [0.717, 1.165) is 6.26 Å². The topological polar surface area (TPSA) is 59.3 Å². The smallest absolute Gasteiger partial charge is 0.299 e. The molecule has 0 aromatic heterocycles. The first-order valence-electron chi connectivity index (χ1n) is 2.67. The second-order valence-corrected chi connectivity index (χ2v) is 1.26. The van der Waals surface area contributed by atoms with Crippen LogP contribution in [-0.4, -0.2) is 13.1 Å². The summed E-state index contributed by atoms with van der Waals surface area (Å²) < 4.78 is 8.86. The third-order valence-corrected chi connectivity index (χ3v) is 0.642. The number of carbonyl (C=O) groups is 1. The minimum absolute atomic E-state index is 0.142. The van der Waals surface area contributed by atoms with Crippen LogP contribution in [-0.2, 0) is 14.3 Å². The fourth-order valence-electron chi connectivity index (χ4n) is 0.291. The molecule has 0 N–H and O–H groups in total. The van der Waals surface area contributed by atoms with Gasteiger partial charge in [0.1, 0.15) is 12.3 Å². The van der Waals surface area contributed by atoms with Gasteiger partial charge in [0, 0.05) is 0 Å². The highest BCUT2D eigenvalue weighted by Gasteiger charge is 1.92. The minimum Gasteiger partial charge on any atom is -0.497 e. The van der Waals surface area contributed by atoms with E-state index in [-0.39, 0.29) is 12.2 Å². The second-order valence-electron chi connectivity index (χ2n) is 1.26. The number of nitrogens with zero attached hydrogens (tertiary/aromatic N) is 1. The van der Waals surface area contributed by atoms with E-state index in [0.29, 0.717) is 6.61 Å². The monoisotopic (exact) mass is 141 g/mol. The number of carbonyl (C=O) groups excluding carboxylic acids is 1. The molecule has 0 unspecified atom stereocenters. The lowest BCUT2D eigenvalue weighted by molar-refractivity contribution is -0.124. The lowest BCUT2D eigenvalue weighted by atomic mass is 10.6. The third-order valence-electron chi connectivity index (χ3n) is 0.642. The molecule has 0 rings (SSSR count). The van der Waals surface area contributed by atoms with E-state index in [1.165, 1.54) is 0 Å². The molecule has 0 fully saturated rings. The molecule has 0 saturated carbocycles. The van der Waals surface area contributed by atoms with Crippen LogP contribution in [0, 0.1) is 11.3 Å². The molecule has 0 aromatic carbocycles. The highest BCUT2D eigenvalue weighted by atomic mass is 16.5. The van der Waals surface area contributed by atoms with Crippen LogP contribution < -0.4 is 0 Å². The number of rotatable bonds is 4. The fraction of sp³-hybridized carbons (Fsp3) is 0.333. The highest BCUT2D eigenvalue weighted by Crippen LogP contribution is 1.92. The first kappa shape index (κ1) is 8.50. The van der Waals surface area contributed by atoms with Crippen LogP contribution in [0.3, 0.4) is 0 Å². The average Bonchev–Trinajstić information content (AvgIpc) is 1.98. The van der Waals surface area contributed by atoms with Gasteiger partial charge in [-0.1, -0.05) is 0 Å². The van der Waals surface area contributed by atoms with E-state index in [1.807, 2.05) is 0 Å². The Morgan fingerprint density at radius 2 is 2.50 bits per heavy atom. The van der Waals surface area contributed by atoms with Crippen molar-refractivity contribution in [3.63, 3.8) is 0 Å². The predicted octanol–water partition coefficient (Wildman–Crippen LogP) is 0.561. The second kappa shape index (κ2) is 5.63. The van der Waals surface area contributed by atoms with Gasteiger partial charge in [0.25, 0.3) is 6.47 Å². The summed E-state index contributed by atoms with van der Waals surface area (Å²) in [4.78, 5) is 9.67. The molecule has 0 atom stereocenters. The standard InChI is InChI=1S/C6H7NO3/c1-2-9-4-6(3-7)10-5-8/h4-5H,2H2,1H3/b6-4+. The zero-order valence-electron chi connectivity index (χ0n) is 5.53. The Morgan fingerprint density at radius 3 is 2.90 bits per heavy atom. The summed E-state index contributed by atoms with van der Waals surface area (Å²) in [6.45, 7) is 2.37. The Kier molecular flexibility index (Phi) is 4.79. The average molecular weight is 141 g/mol. The van der Waals surface area contributed by atoms with Crippen molar-refractivity contribution in [2.75, 3.05) is 6.61 Å². The van der Waals surface area contributed by atoms with Gasteiger partial charge in [-0.2, -0.15) is 5.26 Å². The van der Waals surface area contributed by atoms with Crippen molar-refractivity contribution < 1.29 is 14.3 Å². The number of ether oxygens (including phenoxy) is 2. The van der Waals surface area contributed by atoms with Crippen LogP contribution in [0.2, 0.25) is 0 Å². The molecule has 0 saturated heterocycles. The van der Waals surface area contributed by atoms with E-state index < -0.39 is 0 Å². The van der Waals surface area contributed by atoms with Gasteiger partial charge in [0.05, 0.1) is 6.61 Å². The van der Waals surface area contributed by atoms with Crippen molar-refractivity contribution in [1.29, 1.82) is 5.26 Å². The maximum Gasteiger partial charge on any atom is 0.299 e. The molecule has 0 aliphatic heterocycles. The lowest BCUT2D eigenvalue weighted by Gasteiger charge is -1.93. The van der Waals surface area contributed by atoms with Crippen molar-refractivity contribution in [2.24, 2.45) is 0 Å². The Bertz CT molecular complexity index is 168. The summed E-state index contributed by atoms with van der Waals surface area (Å²) in [6, 6.07) is 1.62. The Labute approximate surface area is 58.7 Å². The van der Waals surface area contributed by atoms with Gasteiger partial charge in [-0.05, 0) is 6.92 Å². The van der Waals surface area contributed by atoms with E-state index in [2.05, 4.69) is 9.47 Å². The maximum atomic E-state index is 9.67. The van der Waals surface area contributed by atoms with Gasteiger partial charge in [-0.25, -0.2) is 0 Å². The Hall–Kier alpha value is -1.50.